The van der Waals surface area contributed by atoms with Crippen molar-refractivity contribution in [3.8, 4) is 5.75 Å². The third kappa shape index (κ3) is 6.32. The molecule has 1 aliphatic heterocycles. The number of carbonyl (C=O) groups excluding carboxylic acids is 2. The number of amides is 2. The van der Waals surface area contributed by atoms with E-state index in [0.29, 0.717) is 13.2 Å². The summed E-state index contributed by atoms with van der Waals surface area (Å²) in [4.78, 5) is 26.9. The average Bonchev–Trinajstić information content (AvgIpc) is 2.72. The molecule has 2 N–H and O–H groups in total. The predicted molar refractivity (Wildman–Crippen MR) is 115 cm³/mol. The van der Waals surface area contributed by atoms with Gasteiger partial charge in [-0.1, -0.05) is 17.7 Å². The molecule has 1 aliphatic rings. The van der Waals surface area contributed by atoms with Crippen LogP contribution >= 0.6 is 0 Å². The summed E-state index contributed by atoms with van der Waals surface area (Å²) in [5, 5.41) is 5.91. The monoisotopic (exact) mass is 395 g/mol. The summed E-state index contributed by atoms with van der Waals surface area (Å²) in [6, 6.07) is 15.2. The van der Waals surface area contributed by atoms with Gasteiger partial charge in [0.05, 0.1) is 13.2 Å². The van der Waals surface area contributed by atoms with Crippen molar-refractivity contribution in [2.75, 3.05) is 36.9 Å². The lowest BCUT2D eigenvalue weighted by molar-refractivity contribution is -0.121. The molecule has 0 spiro atoms. The first-order chi connectivity index (χ1) is 14.0. The molecule has 1 heterocycles. The number of benzene rings is 2. The van der Waals surface area contributed by atoms with E-state index >= 15 is 0 Å². The smallest absolute Gasteiger partial charge is 0.238 e. The second kappa shape index (κ2) is 10.1. The number of anilines is 2. The summed E-state index contributed by atoms with van der Waals surface area (Å²) in [7, 11) is 0. The molecule has 2 aromatic carbocycles. The Morgan fingerprint density at radius 3 is 2.17 bits per heavy atom. The van der Waals surface area contributed by atoms with Crippen LogP contribution in [-0.2, 0) is 9.59 Å². The van der Waals surface area contributed by atoms with Gasteiger partial charge in [-0.05, 0) is 76.2 Å². The van der Waals surface area contributed by atoms with Crippen LogP contribution in [0.3, 0.4) is 0 Å². The molecule has 29 heavy (non-hydrogen) atoms. The number of nitrogens with one attached hydrogen (secondary N) is 2. The Labute approximate surface area is 172 Å². The first-order valence-electron chi connectivity index (χ1n) is 10.2. The summed E-state index contributed by atoms with van der Waals surface area (Å²) >= 11 is 0. The highest BCUT2D eigenvalue weighted by Gasteiger charge is 2.26. The van der Waals surface area contributed by atoms with Gasteiger partial charge in [-0.15, -0.1) is 0 Å². The lowest BCUT2D eigenvalue weighted by atomic mass is 9.96. The molecule has 6 heteroatoms. The Kier molecular flexibility index (Phi) is 7.25. The zero-order valence-electron chi connectivity index (χ0n) is 17.1. The zero-order chi connectivity index (χ0) is 20.6. The molecule has 0 bridgehead atoms. The molecular weight excluding hydrogens is 366 g/mol. The van der Waals surface area contributed by atoms with Gasteiger partial charge in [0.25, 0.3) is 0 Å². The number of hydrogen-bond acceptors (Lipinski definition) is 4. The van der Waals surface area contributed by atoms with Gasteiger partial charge in [0.2, 0.25) is 11.8 Å². The van der Waals surface area contributed by atoms with Crippen LogP contribution in [0.1, 0.15) is 25.3 Å². The maximum Gasteiger partial charge on any atom is 0.238 e. The molecule has 0 unspecified atom stereocenters. The second-order valence-corrected chi connectivity index (χ2v) is 7.41. The van der Waals surface area contributed by atoms with Crippen molar-refractivity contribution < 1.29 is 14.3 Å². The summed E-state index contributed by atoms with van der Waals surface area (Å²) in [6.45, 7) is 6.40. The maximum atomic E-state index is 12.5. The summed E-state index contributed by atoms with van der Waals surface area (Å²) < 4.78 is 5.42. The van der Waals surface area contributed by atoms with Crippen LogP contribution in [0.4, 0.5) is 11.4 Å². The number of likely N-dealkylation sites (tertiary alicyclic amines) is 1. The van der Waals surface area contributed by atoms with Gasteiger partial charge in [0, 0.05) is 17.3 Å². The molecule has 6 nitrogen and oxygen atoms in total. The minimum Gasteiger partial charge on any atom is -0.494 e. The lowest BCUT2D eigenvalue weighted by Crippen LogP contribution is -2.41. The second-order valence-electron chi connectivity index (χ2n) is 7.41. The molecule has 2 amide bonds. The standard InChI is InChI=1S/C23H29N3O3/c1-3-29-21-10-8-20(9-11-21)25-23(28)18-12-14-26(15-13-18)16-22(27)24-19-6-4-17(2)5-7-19/h4-11,18H,3,12-16H2,1-2H3,(H,24,27)(H,25,28). The highest BCUT2D eigenvalue weighted by molar-refractivity contribution is 5.93. The summed E-state index contributed by atoms with van der Waals surface area (Å²) in [5.74, 6) is 0.782. The van der Waals surface area contributed by atoms with Crippen molar-refractivity contribution in [3.63, 3.8) is 0 Å². The Balaban J connectivity index is 1.41. The van der Waals surface area contributed by atoms with Crippen molar-refractivity contribution in [1.29, 1.82) is 0 Å². The molecule has 3 rings (SSSR count). The number of rotatable bonds is 7. The number of hydrogen-bond donors (Lipinski definition) is 2. The minimum absolute atomic E-state index is 0.0221. The van der Waals surface area contributed by atoms with Crippen molar-refractivity contribution in [3.05, 3.63) is 54.1 Å². The van der Waals surface area contributed by atoms with Gasteiger partial charge >= 0.3 is 0 Å². The SMILES string of the molecule is CCOc1ccc(NC(=O)C2CCN(CC(=O)Nc3ccc(C)cc3)CC2)cc1. The molecule has 0 saturated carbocycles. The van der Waals surface area contributed by atoms with Crippen LogP contribution in [0, 0.1) is 12.8 Å². The minimum atomic E-state index is -0.0296. The number of ether oxygens (including phenoxy) is 1. The van der Waals surface area contributed by atoms with Crippen molar-refractivity contribution in [2.45, 2.75) is 26.7 Å². The molecule has 154 valence electrons. The molecule has 0 aliphatic carbocycles. The third-order valence-corrected chi connectivity index (χ3v) is 5.09. The zero-order valence-corrected chi connectivity index (χ0v) is 17.1. The fraction of sp³-hybridized carbons (Fsp3) is 0.391. The molecular formula is C23H29N3O3. The van der Waals surface area contributed by atoms with Crippen LogP contribution in [0.15, 0.2) is 48.5 Å². The van der Waals surface area contributed by atoms with E-state index < -0.39 is 0 Å². The maximum absolute atomic E-state index is 12.5. The van der Waals surface area contributed by atoms with Crippen molar-refractivity contribution >= 4 is 23.2 Å². The lowest BCUT2D eigenvalue weighted by Gasteiger charge is -2.30. The van der Waals surface area contributed by atoms with Crippen molar-refractivity contribution in [2.24, 2.45) is 5.92 Å². The summed E-state index contributed by atoms with van der Waals surface area (Å²) in [6.07, 6.45) is 1.50. The van der Waals surface area contributed by atoms with Gasteiger partial charge < -0.3 is 15.4 Å². The molecule has 0 radical (unpaired) electrons. The van der Waals surface area contributed by atoms with Crippen molar-refractivity contribution in [1.82, 2.24) is 4.90 Å². The van der Waals surface area contributed by atoms with E-state index in [1.54, 1.807) is 0 Å². The number of carbonyl (C=O) groups is 2. The first kappa shape index (κ1) is 20.9. The quantitative estimate of drug-likeness (QED) is 0.750. The van der Waals surface area contributed by atoms with Gasteiger partial charge in [-0.3, -0.25) is 14.5 Å². The number of aryl methyl sites for hydroxylation is 1. The van der Waals surface area contributed by atoms with E-state index in [4.69, 9.17) is 4.74 Å². The van der Waals surface area contributed by atoms with E-state index in [2.05, 4.69) is 15.5 Å². The first-order valence-corrected chi connectivity index (χ1v) is 10.2. The highest BCUT2D eigenvalue weighted by atomic mass is 16.5. The number of nitrogens with zero attached hydrogens (tertiary/aromatic N) is 1. The van der Waals surface area contributed by atoms with Gasteiger partial charge in [-0.2, -0.15) is 0 Å². The van der Waals surface area contributed by atoms with Gasteiger partial charge in [0.15, 0.2) is 0 Å². The molecule has 1 saturated heterocycles. The van der Waals surface area contributed by atoms with Crippen LogP contribution in [0.2, 0.25) is 0 Å². The Morgan fingerprint density at radius 1 is 0.966 bits per heavy atom. The normalized spacial score (nSPS) is 15.0. The fourth-order valence-electron chi connectivity index (χ4n) is 3.44. The molecule has 1 fully saturated rings. The van der Waals surface area contributed by atoms with E-state index in [-0.39, 0.29) is 17.7 Å². The Bertz CT molecular complexity index is 810. The fourth-order valence-corrected chi connectivity index (χ4v) is 3.44. The largest absolute Gasteiger partial charge is 0.494 e. The van der Waals surface area contributed by atoms with E-state index in [1.165, 1.54) is 0 Å². The van der Waals surface area contributed by atoms with Gasteiger partial charge in [0.1, 0.15) is 5.75 Å². The molecule has 0 atom stereocenters. The van der Waals surface area contributed by atoms with Gasteiger partial charge in [-0.25, -0.2) is 0 Å². The Hall–Kier alpha value is -2.86. The van der Waals surface area contributed by atoms with Crippen LogP contribution < -0.4 is 15.4 Å². The van der Waals surface area contributed by atoms with Crippen LogP contribution in [0.25, 0.3) is 0 Å². The number of piperidine rings is 1. The van der Waals surface area contributed by atoms with Crippen LogP contribution in [0.5, 0.6) is 5.75 Å². The third-order valence-electron chi connectivity index (χ3n) is 5.09. The van der Waals surface area contributed by atoms with E-state index in [0.717, 1.165) is 48.6 Å². The predicted octanol–water partition coefficient (Wildman–Crippen LogP) is 3.68. The average molecular weight is 396 g/mol. The summed E-state index contributed by atoms with van der Waals surface area (Å²) in [5.41, 5.74) is 2.75. The highest BCUT2D eigenvalue weighted by Crippen LogP contribution is 2.21. The molecule has 2 aromatic rings. The van der Waals surface area contributed by atoms with E-state index in [1.807, 2.05) is 62.4 Å². The van der Waals surface area contributed by atoms with E-state index in [9.17, 15) is 9.59 Å². The molecule has 0 aromatic heterocycles. The topological polar surface area (TPSA) is 70.7 Å². The van der Waals surface area contributed by atoms with Crippen LogP contribution in [-0.4, -0.2) is 43.0 Å². The Morgan fingerprint density at radius 2 is 1.55 bits per heavy atom.